The van der Waals surface area contributed by atoms with Crippen molar-refractivity contribution in [1.82, 2.24) is 0 Å². The number of carbonyl (C=O) groups is 1. The topological polar surface area (TPSA) is 17.1 Å². The lowest BCUT2D eigenvalue weighted by molar-refractivity contribution is -0.137. The molecule has 0 aliphatic carbocycles. The van der Waals surface area contributed by atoms with Gasteiger partial charge in [0.05, 0.1) is 5.56 Å². The number of aryl methyl sites for hydroxylation is 1. The minimum absolute atomic E-state index is 0.140. The van der Waals surface area contributed by atoms with Crippen LogP contribution in [-0.2, 0) is 6.18 Å². The Morgan fingerprint density at radius 3 is 2.06 bits per heavy atom. The minimum atomic E-state index is -4.45. The van der Waals surface area contributed by atoms with Crippen LogP contribution < -0.4 is 0 Å². The van der Waals surface area contributed by atoms with Gasteiger partial charge in [0.25, 0.3) is 5.24 Å². The molecule has 0 radical (unpaired) electrons. The largest absolute Gasteiger partial charge is 0.416 e. The smallest absolute Gasteiger partial charge is 0.276 e. The molecule has 0 spiro atoms. The van der Waals surface area contributed by atoms with Crippen LogP contribution in [0.3, 0.4) is 0 Å². The molecule has 0 bridgehead atoms. The Kier molecular flexibility index (Phi) is 5.51. The van der Waals surface area contributed by atoms with Crippen molar-refractivity contribution in [2.24, 2.45) is 0 Å². The van der Waals surface area contributed by atoms with Gasteiger partial charge in [-0.3, -0.25) is 4.79 Å². The van der Waals surface area contributed by atoms with Gasteiger partial charge in [0.1, 0.15) is 0 Å². The Labute approximate surface area is 97.2 Å². The number of hydrogen-bond acceptors (Lipinski definition) is 1. The molecule has 0 atom stereocenters. The van der Waals surface area contributed by atoms with E-state index in [1.807, 2.05) is 13.8 Å². The van der Waals surface area contributed by atoms with Crippen LogP contribution in [0.4, 0.5) is 13.2 Å². The predicted molar refractivity (Wildman–Crippen MR) is 57.7 cm³/mol. The van der Waals surface area contributed by atoms with Crippen molar-refractivity contribution in [2.75, 3.05) is 0 Å². The van der Waals surface area contributed by atoms with Crippen molar-refractivity contribution < 1.29 is 18.0 Å². The first-order valence-electron chi connectivity index (χ1n) is 4.69. The van der Waals surface area contributed by atoms with Crippen LogP contribution in [0.1, 0.15) is 35.3 Å². The number of hydrogen-bond donors (Lipinski definition) is 0. The first-order valence-corrected chi connectivity index (χ1v) is 5.07. The maximum atomic E-state index is 12.3. The molecule has 16 heavy (non-hydrogen) atoms. The maximum absolute atomic E-state index is 12.3. The third kappa shape index (κ3) is 4.23. The Morgan fingerprint density at radius 1 is 1.19 bits per heavy atom. The van der Waals surface area contributed by atoms with Crippen LogP contribution >= 0.6 is 11.6 Å². The highest BCUT2D eigenvalue weighted by atomic mass is 35.5. The summed E-state index contributed by atoms with van der Waals surface area (Å²) in [7, 11) is 0. The molecule has 0 unspecified atom stereocenters. The lowest BCUT2D eigenvalue weighted by Crippen LogP contribution is -2.06. The highest BCUT2D eigenvalue weighted by Crippen LogP contribution is 2.30. The zero-order valence-corrected chi connectivity index (χ0v) is 9.91. The first-order chi connectivity index (χ1) is 7.30. The average Bonchev–Trinajstić information content (AvgIpc) is 2.18. The van der Waals surface area contributed by atoms with Crippen molar-refractivity contribution in [1.29, 1.82) is 0 Å². The highest BCUT2D eigenvalue weighted by molar-refractivity contribution is 6.67. The van der Waals surface area contributed by atoms with E-state index in [0.717, 1.165) is 12.1 Å². The third-order valence-electron chi connectivity index (χ3n) is 1.63. The van der Waals surface area contributed by atoms with Crippen molar-refractivity contribution in [3.8, 4) is 0 Å². The molecule has 0 saturated carbocycles. The van der Waals surface area contributed by atoms with Gasteiger partial charge in [-0.25, -0.2) is 0 Å². The van der Waals surface area contributed by atoms with Crippen molar-refractivity contribution >= 4 is 16.8 Å². The van der Waals surface area contributed by atoms with E-state index in [2.05, 4.69) is 0 Å². The van der Waals surface area contributed by atoms with Gasteiger partial charge in [0, 0.05) is 5.56 Å². The first kappa shape index (κ1) is 15.0. The molecule has 0 amide bonds. The Hall–Kier alpha value is -1.03. The number of carbonyl (C=O) groups excluding carboxylic acids is 1. The summed E-state index contributed by atoms with van der Waals surface area (Å²) in [5.41, 5.74) is -0.649. The molecular weight excluding hydrogens is 241 g/mol. The third-order valence-corrected chi connectivity index (χ3v) is 1.85. The molecule has 5 heteroatoms. The Morgan fingerprint density at radius 2 is 1.69 bits per heavy atom. The molecule has 90 valence electrons. The summed E-state index contributed by atoms with van der Waals surface area (Å²) in [5.74, 6) is 0. The Bertz CT molecular complexity index is 372. The average molecular weight is 253 g/mol. The van der Waals surface area contributed by atoms with E-state index in [0.29, 0.717) is 5.56 Å². The molecule has 0 saturated heterocycles. The van der Waals surface area contributed by atoms with Gasteiger partial charge in [-0.15, -0.1) is 0 Å². The molecular formula is C11H12ClF3O. The molecule has 0 N–H and O–H groups in total. The fraction of sp³-hybridized carbons (Fsp3) is 0.364. The summed E-state index contributed by atoms with van der Waals surface area (Å²) in [6.07, 6.45) is -4.45. The maximum Gasteiger partial charge on any atom is 0.416 e. The van der Waals surface area contributed by atoms with Gasteiger partial charge < -0.3 is 0 Å². The summed E-state index contributed by atoms with van der Waals surface area (Å²) >= 11 is 5.09. The van der Waals surface area contributed by atoms with Gasteiger partial charge in [-0.1, -0.05) is 13.8 Å². The standard InChI is InChI=1S/C9H6ClF3O.C2H6/c1-5-2-6(8(10)14)4-7(3-5)9(11,12)13;1-2/h2-4H,1H3;1-2H3. The molecule has 1 aromatic rings. The van der Waals surface area contributed by atoms with Crippen molar-refractivity contribution in [2.45, 2.75) is 26.9 Å². The number of rotatable bonds is 1. The molecule has 0 aromatic heterocycles. The highest BCUT2D eigenvalue weighted by Gasteiger charge is 2.31. The van der Waals surface area contributed by atoms with Gasteiger partial charge in [0.15, 0.2) is 0 Å². The summed E-state index contributed by atoms with van der Waals surface area (Å²) in [6, 6.07) is 3.01. The van der Waals surface area contributed by atoms with Crippen LogP contribution in [0.15, 0.2) is 18.2 Å². The summed E-state index contributed by atoms with van der Waals surface area (Å²) in [5, 5.41) is -0.890. The van der Waals surface area contributed by atoms with Gasteiger partial charge in [-0.2, -0.15) is 13.2 Å². The lowest BCUT2D eigenvalue weighted by atomic mass is 10.1. The zero-order valence-electron chi connectivity index (χ0n) is 9.15. The van der Waals surface area contributed by atoms with E-state index in [4.69, 9.17) is 11.6 Å². The summed E-state index contributed by atoms with van der Waals surface area (Å²) in [6.45, 7) is 5.47. The van der Waals surface area contributed by atoms with E-state index in [-0.39, 0.29) is 5.56 Å². The summed E-state index contributed by atoms with van der Waals surface area (Å²) in [4.78, 5) is 10.7. The van der Waals surface area contributed by atoms with Crippen LogP contribution in [0.2, 0.25) is 0 Å². The van der Waals surface area contributed by atoms with Crippen molar-refractivity contribution in [3.63, 3.8) is 0 Å². The van der Waals surface area contributed by atoms with Gasteiger partial charge in [0.2, 0.25) is 0 Å². The molecule has 0 heterocycles. The van der Waals surface area contributed by atoms with E-state index in [1.54, 1.807) is 0 Å². The van der Waals surface area contributed by atoms with Crippen LogP contribution in [0, 0.1) is 6.92 Å². The van der Waals surface area contributed by atoms with Crippen molar-refractivity contribution in [3.05, 3.63) is 34.9 Å². The zero-order chi connectivity index (χ0) is 12.9. The normalized spacial score (nSPS) is 10.4. The van der Waals surface area contributed by atoms with Crippen LogP contribution in [0.5, 0.6) is 0 Å². The number of benzene rings is 1. The fourth-order valence-electron chi connectivity index (χ4n) is 1.06. The van der Waals surface area contributed by atoms with E-state index < -0.39 is 17.0 Å². The molecule has 0 aliphatic heterocycles. The van der Waals surface area contributed by atoms with Gasteiger partial charge in [-0.05, 0) is 42.3 Å². The second kappa shape index (κ2) is 5.89. The molecule has 1 rings (SSSR count). The lowest BCUT2D eigenvalue weighted by Gasteiger charge is -2.08. The van der Waals surface area contributed by atoms with E-state index >= 15 is 0 Å². The quantitative estimate of drug-likeness (QED) is 0.676. The fourth-order valence-corrected chi connectivity index (χ4v) is 1.17. The Balaban J connectivity index is 0.00000106. The second-order valence-electron chi connectivity index (χ2n) is 2.86. The molecule has 1 aromatic carbocycles. The second-order valence-corrected chi connectivity index (χ2v) is 3.20. The molecule has 0 aliphatic rings. The van der Waals surface area contributed by atoms with E-state index in [1.165, 1.54) is 13.0 Å². The monoisotopic (exact) mass is 252 g/mol. The minimum Gasteiger partial charge on any atom is -0.276 e. The van der Waals surface area contributed by atoms with E-state index in [9.17, 15) is 18.0 Å². The van der Waals surface area contributed by atoms with Crippen LogP contribution in [-0.4, -0.2) is 5.24 Å². The number of halogens is 4. The predicted octanol–water partition coefficient (Wildman–Crippen LogP) is 4.42. The van der Waals surface area contributed by atoms with Crippen LogP contribution in [0.25, 0.3) is 0 Å². The SMILES string of the molecule is CC.Cc1cc(C(=O)Cl)cc(C(F)(F)F)c1. The summed E-state index contributed by atoms with van der Waals surface area (Å²) < 4.78 is 36.8. The van der Waals surface area contributed by atoms with Gasteiger partial charge >= 0.3 is 6.18 Å². The molecule has 0 fully saturated rings. The molecule has 1 nitrogen and oxygen atoms in total. The number of alkyl halides is 3.